The lowest BCUT2D eigenvalue weighted by Gasteiger charge is -2.27. The maximum atomic E-state index is 14.1. The summed E-state index contributed by atoms with van der Waals surface area (Å²) in [6.07, 6.45) is 0. The first-order chi connectivity index (χ1) is 12.7. The minimum Gasteiger partial charge on any atom is -0.494 e. The molecule has 3 aromatic rings. The number of ether oxygens (including phenoxy) is 2. The molecule has 0 fully saturated rings. The highest BCUT2D eigenvalue weighted by Gasteiger charge is 2.46. The van der Waals surface area contributed by atoms with Gasteiger partial charge in [0.25, 0.3) is 0 Å². The zero-order valence-corrected chi connectivity index (χ0v) is 15.4. The molecule has 4 rings (SSSR count). The number of nitrogens with zero attached hydrogens (tertiary/aromatic N) is 1. The Labute approximate surface area is 152 Å². The van der Waals surface area contributed by atoms with Gasteiger partial charge in [0.05, 0.1) is 25.2 Å². The van der Waals surface area contributed by atoms with Gasteiger partial charge in [-0.3, -0.25) is 0 Å². The fraction of sp³-hybridized carbons (Fsp3) is 0.100. The van der Waals surface area contributed by atoms with Crippen molar-refractivity contribution in [1.29, 1.82) is 0 Å². The molecule has 3 aromatic carbocycles. The molecule has 0 radical (unpaired) electrons. The van der Waals surface area contributed by atoms with E-state index >= 15 is 0 Å². The van der Waals surface area contributed by atoms with Crippen molar-refractivity contribution in [1.82, 2.24) is 0 Å². The van der Waals surface area contributed by atoms with E-state index in [4.69, 9.17) is 14.0 Å². The van der Waals surface area contributed by atoms with Crippen LogP contribution in [0, 0.1) is 0 Å². The van der Waals surface area contributed by atoms with Crippen molar-refractivity contribution in [3.05, 3.63) is 72.8 Å². The maximum Gasteiger partial charge on any atom is 0.379 e. The SMILES string of the molecule is COc1cccc(OC)c1N1c2ccccc2OP1(=O)c1ccccc1. The predicted molar refractivity (Wildman–Crippen MR) is 102 cm³/mol. The summed E-state index contributed by atoms with van der Waals surface area (Å²) in [6, 6.07) is 22.1. The lowest BCUT2D eigenvalue weighted by atomic mass is 10.2. The third kappa shape index (κ3) is 2.44. The third-order valence-electron chi connectivity index (χ3n) is 4.27. The van der Waals surface area contributed by atoms with Gasteiger partial charge in [0, 0.05) is 0 Å². The Morgan fingerprint density at radius 2 is 1.42 bits per heavy atom. The largest absolute Gasteiger partial charge is 0.494 e. The van der Waals surface area contributed by atoms with Crippen LogP contribution in [0.2, 0.25) is 0 Å². The molecule has 1 unspecified atom stereocenters. The van der Waals surface area contributed by atoms with Gasteiger partial charge in [-0.2, -0.15) is 0 Å². The molecule has 0 amide bonds. The van der Waals surface area contributed by atoms with Gasteiger partial charge >= 0.3 is 7.52 Å². The van der Waals surface area contributed by atoms with E-state index in [1.807, 2.05) is 72.8 Å². The Morgan fingerprint density at radius 3 is 2.08 bits per heavy atom. The van der Waals surface area contributed by atoms with Crippen molar-refractivity contribution < 1.29 is 18.6 Å². The van der Waals surface area contributed by atoms with Crippen molar-refractivity contribution >= 4 is 24.2 Å². The number of hydrogen-bond donors (Lipinski definition) is 0. The molecule has 0 saturated heterocycles. The minimum absolute atomic E-state index is 0.556. The summed E-state index contributed by atoms with van der Waals surface area (Å²) in [6.45, 7) is 0. The molecule has 1 heterocycles. The van der Waals surface area contributed by atoms with E-state index in [9.17, 15) is 4.57 Å². The van der Waals surface area contributed by atoms with Gasteiger partial charge in [-0.25, -0.2) is 9.24 Å². The van der Waals surface area contributed by atoms with Gasteiger partial charge in [-0.1, -0.05) is 36.4 Å². The highest BCUT2D eigenvalue weighted by molar-refractivity contribution is 7.69. The van der Waals surface area contributed by atoms with Crippen molar-refractivity contribution in [3.8, 4) is 17.2 Å². The summed E-state index contributed by atoms with van der Waals surface area (Å²) in [4.78, 5) is 0. The Morgan fingerprint density at radius 1 is 0.808 bits per heavy atom. The van der Waals surface area contributed by atoms with Gasteiger partial charge in [0.2, 0.25) is 0 Å². The van der Waals surface area contributed by atoms with Crippen LogP contribution in [0.4, 0.5) is 11.4 Å². The molecule has 0 saturated carbocycles. The zero-order chi connectivity index (χ0) is 18.1. The average Bonchev–Trinajstić information content (AvgIpc) is 3.00. The Balaban J connectivity index is 2.02. The smallest absolute Gasteiger partial charge is 0.379 e. The van der Waals surface area contributed by atoms with Crippen LogP contribution >= 0.6 is 7.52 Å². The predicted octanol–water partition coefficient (Wildman–Crippen LogP) is 4.75. The lowest BCUT2D eigenvalue weighted by molar-refractivity contribution is 0.396. The Hall–Kier alpha value is -2.91. The first-order valence-electron chi connectivity index (χ1n) is 8.15. The van der Waals surface area contributed by atoms with E-state index < -0.39 is 7.52 Å². The number of anilines is 2. The fourth-order valence-electron chi connectivity index (χ4n) is 3.10. The van der Waals surface area contributed by atoms with Crippen molar-refractivity contribution in [2.45, 2.75) is 0 Å². The molecule has 1 aliphatic heterocycles. The van der Waals surface area contributed by atoms with E-state index in [-0.39, 0.29) is 0 Å². The van der Waals surface area contributed by atoms with Crippen LogP contribution in [-0.4, -0.2) is 14.2 Å². The number of rotatable bonds is 4. The molecule has 1 aliphatic rings. The number of benzene rings is 3. The van der Waals surface area contributed by atoms with Crippen LogP contribution in [0.1, 0.15) is 0 Å². The van der Waals surface area contributed by atoms with Gasteiger partial charge in [-0.15, -0.1) is 0 Å². The topological polar surface area (TPSA) is 48.0 Å². The number of para-hydroxylation sites is 3. The van der Waals surface area contributed by atoms with E-state index in [0.717, 1.165) is 0 Å². The molecule has 132 valence electrons. The van der Waals surface area contributed by atoms with Crippen molar-refractivity contribution in [2.24, 2.45) is 0 Å². The molecule has 0 aromatic heterocycles. The summed E-state index contributed by atoms with van der Waals surface area (Å²) in [7, 11) is -0.287. The Kier molecular flexibility index (Phi) is 4.09. The van der Waals surface area contributed by atoms with Crippen LogP contribution in [0.25, 0.3) is 0 Å². The second kappa shape index (κ2) is 6.43. The molecule has 6 heteroatoms. The minimum atomic E-state index is -3.44. The van der Waals surface area contributed by atoms with Gasteiger partial charge < -0.3 is 14.0 Å². The van der Waals surface area contributed by atoms with Gasteiger partial charge in [0.15, 0.2) is 5.75 Å². The van der Waals surface area contributed by atoms with Crippen molar-refractivity contribution in [3.63, 3.8) is 0 Å². The third-order valence-corrected chi connectivity index (χ3v) is 6.61. The first-order valence-corrected chi connectivity index (χ1v) is 9.72. The monoisotopic (exact) mass is 367 g/mol. The molecule has 0 aliphatic carbocycles. The average molecular weight is 367 g/mol. The van der Waals surface area contributed by atoms with Crippen LogP contribution in [0.3, 0.4) is 0 Å². The van der Waals surface area contributed by atoms with Crippen LogP contribution in [0.5, 0.6) is 17.2 Å². The van der Waals surface area contributed by atoms with Crippen LogP contribution < -0.4 is 24.0 Å². The molecule has 0 bridgehead atoms. The molecular weight excluding hydrogens is 349 g/mol. The molecular formula is C20H18NO4P. The number of hydrogen-bond acceptors (Lipinski definition) is 4. The quantitative estimate of drug-likeness (QED) is 0.623. The highest BCUT2D eigenvalue weighted by Crippen LogP contribution is 2.66. The van der Waals surface area contributed by atoms with Gasteiger partial charge in [-0.05, 0) is 36.4 Å². The summed E-state index contributed by atoms with van der Waals surface area (Å²) in [5, 5.41) is 0.601. The first kappa shape index (κ1) is 16.6. The van der Waals surface area contributed by atoms with Crippen molar-refractivity contribution in [2.75, 3.05) is 18.9 Å². The van der Waals surface area contributed by atoms with E-state index in [1.165, 1.54) is 0 Å². The molecule has 1 atom stereocenters. The van der Waals surface area contributed by atoms with Crippen LogP contribution in [0.15, 0.2) is 72.8 Å². The molecule has 5 nitrogen and oxygen atoms in total. The second-order valence-electron chi connectivity index (χ2n) is 5.74. The van der Waals surface area contributed by atoms with E-state index in [2.05, 4.69) is 0 Å². The summed E-state index contributed by atoms with van der Waals surface area (Å²) >= 11 is 0. The summed E-state index contributed by atoms with van der Waals surface area (Å²) in [5.74, 6) is 1.68. The molecule has 0 N–H and O–H groups in total. The molecule has 0 spiro atoms. The maximum absolute atomic E-state index is 14.1. The van der Waals surface area contributed by atoms with Crippen LogP contribution in [-0.2, 0) is 4.57 Å². The summed E-state index contributed by atoms with van der Waals surface area (Å²) < 4.78 is 32.9. The standard InChI is InChI=1S/C20H18NO4P/c1-23-18-13-8-14-19(24-2)20(18)21-16-11-6-7-12-17(16)25-26(21,22)15-9-4-3-5-10-15/h3-14H,1-2H3. The number of fused-ring (bicyclic) bond motifs is 1. The second-order valence-corrected chi connectivity index (χ2v) is 7.88. The van der Waals surface area contributed by atoms with Gasteiger partial charge in [0.1, 0.15) is 17.2 Å². The highest BCUT2D eigenvalue weighted by atomic mass is 31.2. The normalized spacial score (nSPS) is 18.2. The number of methoxy groups -OCH3 is 2. The molecule has 26 heavy (non-hydrogen) atoms. The Bertz CT molecular complexity index is 968. The van der Waals surface area contributed by atoms with E-state index in [0.29, 0.717) is 33.9 Å². The fourth-order valence-corrected chi connectivity index (χ4v) is 5.40. The lowest BCUT2D eigenvalue weighted by Crippen LogP contribution is -2.21. The zero-order valence-electron chi connectivity index (χ0n) is 14.5. The summed E-state index contributed by atoms with van der Waals surface area (Å²) in [5.41, 5.74) is 1.29. The van der Waals surface area contributed by atoms with E-state index in [1.54, 1.807) is 18.9 Å².